The molecule has 6 nitrogen and oxygen atoms in total. The number of carboxylic acids is 1. The average molecular weight is 261 g/mol. The third kappa shape index (κ3) is 2.08. The van der Waals surface area contributed by atoms with Crippen molar-refractivity contribution in [3.05, 3.63) is 23.3 Å². The molecular formula is C13H15N3O3. The number of aryl methyl sites for hydroxylation is 1. The van der Waals surface area contributed by atoms with Crippen molar-refractivity contribution in [2.45, 2.75) is 25.7 Å². The van der Waals surface area contributed by atoms with Crippen LogP contribution in [0.25, 0.3) is 11.0 Å². The van der Waals surface area contributed by atoms with Crippen molar-refractivity contribution in [1.82, 2.24) is 15.0 Å². The number of aromatic nitrogens is 3. The predicted octanol–water partition coefficient (Wildman–Crippen LogP) is 1.86. The molecule has 3 rings (SSSR count). The van der Waals surface area contributed by atoms with Gasteiger partial charge in [-0.1, -0.05) is 0 Å². The third-order valence-corrected chi connectivity index (χ3v) is 3.51. The van der Waals surface area contributed by atoms with E-state index in [0.717, 1.165) is 18.5 Å². The first kappa shape index (κ1) is 12.1. The smallest absolute Gasteiger partial charge is 0.338 e. The molecule has 0 spiro atoms. The zero-order chi connectivity index (χ0) is 13.4. The number of fused-ring (bicyclic) bond motifs is 1. The van der Waals surface area contributed by atoms with Crippen LogP contribution in [0.1, 0.15) is 40.6 Å². The Kier molecular flexibility index (Phi) is 2.94. The van der Waals surface area contributed by atoms with Crippen molar-refractivity contribution in [2.24, 2.45) is 0 Å². The summed E-state index contributed by atoms with van der Waals surface area (Å²) in [5.74, 6) is -0.0494. The van der Waals surface area contributed by atoms with E-state index in [1.807, 2.05) is 6.92 Å². The summed E-state index contributed by atoms with van der Waals surface area (Å²) in [5.41, 5.74) is 1.69. The first-order chi connectivity index (χ1) is 9.16. The molecule has 6 heteroatoms. The maximum Gasteiger partial charge on any atom is 0.338 e. The first-order valence-corrected chi connectivity index (χ1v) is 6.33. The van der Waals surface area contributed by atoms with Gasteiger partial charge >= 0.3 is 5.97 Å². The van der Waals surface area contributed by atoms with Crippen molar-refractivity contribution in [3.8, 4) is 0 Å². The van der Waals surface area contributed by atoms with Crippen LogP contribution in [0.15, 0.2) is 6.20 Å². The Morgan fingerprint density at radius 1 is 1.42 bits per heavy atom. The molecule has 1 aliphatic rings. The fourth-order valence-electron chi connectivity index (χ4n) is 2.61. The van der Waals surface area contributed by atoms with Gasteiger partial charge in [-0.2, -0.15) is 0 Å². The number of carbonyl (C=O) groups is 1. The minimum atomic E-state index is -0.952. The van der Waals surface area contributed by atoms with Crippen LogP contribution in [0, 0.1) is 6.92 Å². The third-order valence-electron chi connectivity index (χ3n) is 3.51. The highest BCUT2D eigenvalue weighted by Gasteiger charge is 2.24. The van der Waals surface area contributed by atoms with Gasteiger partial charge in [0.15, 0.2) is 0 Å². The lowest BCUT2D eigenvalue weighted by Gasteiger charge is -2.22. The molecule has 0 aromatic carbocycles. The molecule has 100 valence electrons. The van der Waals surface area contributed by atoms with Crippen LogP contribution in [0.5, 0.6) is 0 Å². The predicted molar refractivity (Wildman–Crippen MR) is 68.4 cm³/mol. The largest absolute Gasteiger partial charge is 0.478 e. The second kappa shape index (κ2) is 4.62. The highest BCUT2D eigenvalue weighted by Crippen LogP contribution is 2.32. The number of H-pyrrole nitrogens is 1. The van der Waals surface area contributed by atoms with E-state index < -0.39 is 5.97 Å². The SMILES string of the molecule is Cc1nc(C2CCOCC2)c2c(C(=O)O)c[nH]c2n1. The number of ether oxygens (including phenoxy) is 1. The first-order valence-electron chi connectivity index (χ1n) is 6.33. The van der Waals surface area contributed by atoms with E-state index in [1.165, 1.54) is 6.20 Å². The molecule has 2 aromatic rings. The Hall–Kier alpha value is -1.95. The van der Waals surface area contributed by atoms with Crippen molar-refractivity contribution in [1.29, 1.82) is 0 Å². The topological polar surface area (TPSA) is 88.1 Å². The molecule has 1 saturated heterocycles. The molecule has 0 amide bonds. The van der Waals surface area contributed by atoms with Crippen molar-refractivity contribution in [2.75, 3.05) is 13.2 Å². The second-order valence-electron chi connectivity index (χ2n) is 4.77. The van der Waals surface area contributed by atoms with Crippen molar-refractivity contribution in [3.63, 3.8) is 0 Å². The molecule has 0 unspecified atom stereocenters. The molecular weight excluding hydrogens is 246 g/mol. The van der Waals surface area contributed by atoms with Gasteiger partial charge in [-0.3, -0.25) is 0 Å². The van der Waals surface area contributed by atoms with E-state index in [0.29, 0.717) is 30.1 Å². The molecule has 2 aromatic heterocycles. The number of aromatic carboxylic acids is 1. The summed E-state index contributed by atoms with van der Waals surface area (Å²) in [4.78, 5) is 23.0. The van der Waals surface area contributed by atoms with Gasteiger partial charge in [-0.15, -0.1) is 0 Å². The maximum absolute atomic E-state index is 11.3. The fourth-order valence-corrected chi connectivity index (χ4v) is 2.61. The fraction of sp³-hybridized carbons (Fsp3) is 0.462. The normalized spacial score (nSPS) is 16.9. The lowest BCUT2D eigenvalue weighted by Crippen LogP contribution is -2.16. The summed E-state index contributed by atoms with van der Waals surface area (Å²) in [6.07, 6.45) is 3.23. The van der Waals surface area contributed by atoms with Gasteiger partial charge in [-0.25, -0.2) is 14.8 Å². The number of hydrogen-bond acceptors (Lipinski definition) is 4. The van der Waals surface area contributed by atoms with Gasteiger partial charge < -0.3 is 14.8 Å². The lowest BCUT2D eigenvalue weighted by molar-refractivity contribution is 0.0699. The molecule has 0 aliphatic carbocycles. The zero-order valence-corrected chi connectivity index (χ0v) is 10.6. The Morgan fingerprint density at radius 2 is 2.16 bits per heavy atom. The molecule has 1 fully saturated rings. The summed E-state index contributed by atoms with van der Waals surface area (Å²) in [6.45, 7) is 3.22. The van der Waals surface area contributed by atoms with E-state index in [-0.39, 0.29) is 11.5 Å². The molecule has 0 bridgehead atoms. The second-order valence-corrected chi connectivity index (χ2v) is 4.77. The van der Waals surface area contributed by atoms with Gasteiger partial charge in [0.05, 0.1) is 16.6 Å². The number of rotatable bonds is 2. The summed E-state index contributed by atoms with van der Waals surface area (Å²) in [6, 6.07) is 0. The molecule has 0 saturated carbocycles. The molecule has 0 radical (unpaired) electrons. The van der Waals surface area contributed by atoms with Crippen LogP contribution in [0.4, 0.5) is 0 Å². The van der Waals surface area contributed by atoms with Crippen molar-refractivity contribution < 1.29 is 14.6 Å². The average Bonchev–Trinajstić information content (AvgIpc) is 2.82. The van der Waals surface area contributed by atoms with Crippen LogP contribution in [0.3, 0.4) is 0 Å². The Balaban J connectivity index is 2.19. The van der Waals surface area contributed by atoms with E-state index in [4.69, 9.17) is 4.74 Å². The highest BCUT2D eigenvalue weighted by atomic mass is 16.5. The molecule has 19 heavy (non-hydrogen) atoms. The van der Waals surface area contributed by atoms with Gasteiger partial charge in [-0.05, 0) is 19.8 Å². The Bertz CT molecular complexity index is 629. The van der Waals surface area contributed by atoms with Crippen LogP contribution in [0.2, 0.25) is 0 Å². The molecule has 2 N–H and O–H groups in total. The lowest BCUT2D eigenvalue weighted by atomic mass is 9.93. The summed E-state index contributed by atoms with van der Waals surface area (Å²) >= 11 is 0. The highest BCUT2D eigenvalue weighted by molar-refractivity contribution is 6.03. The summed E-state index contributed by atoms with van der Waals surface area (Å²) in [5, 5.41) is 9.91. The summed E-state index contributed by atoms with van der Waals surface area (Å²) in [7, 11) is 0. The molecule has 1 aliphatic heterocycles. The monoisotopic (exact) mass is 261 g/mol. The Morgan fingerprint density at radius 3 is 2.84 bits per heavy atom. The number of hydrogen-bond donors (Lipinski definition) is 2. The zero-order valence-electron chi connectivity index (χ0n) is 10.6. The standard InChI is InChI=1S/C13H15N3O3/c1-7-15-11(8-2-4-19-5-3-8)10-9(13(17)18)6-14-12(10)16-7/h6,8H,2-5H2,1H3,(H,17,18)(H,14,15,16). The van der Waals surface area contributed by atoms with Gasteiger partial charge in [0.25, 0.3) is 0 Å². The van der Waals surface area contributed by atoms with Crippen LogP contribution >= 0.6 is 0 Å². The number of carboxylic acid groups (broad SMARTS) is 1. The quantitative estimate of drug-likeness (QED) is 0.861. The van der Waals surface area contributed by atoms with Gasteiger partial charge in [0.2, 0.25) is 0 Å². The van der Waals surface area contributed by atoms with Crippen LogP contribution < -0.4 is 0 Å². The van der Waals surface area contributed by atoms with E-state index in [2.05, 4.69) is 15.0 Å². The van der Waals surface area contributed by atoms with Crippen LogP contribution in [-0.4, -0.2) is 39.2 Å². The minimum absolute atomic E-state index is 0.242. The number of nitrogens with zero attached hydrogens (tertiary/aromatic N) is 2. The molecule has 3 heterocycles. The minimum Gasteiger partial charge on any atom is -0.478 e. The molecule has 0 atom stereocenters. The van der Waals surface area contributed by atoms with Crippen molar-refractivity contribution >= 4 is 17.0 Å². The van der Waals surface area contributed by atoms with Gasteiger partial charge in [0, 0.05) is 25.3 Å². The van der Waals surface area contributed by atoms with E-state index in [1.54, 1.807) is 0 Å². The number of nitrogens with one attached hydrogen (secondary N) is 1. The van der Waals surface area contributed by atoms with Crippen LogP contribution in [-0.2, 0) is 4.74 Å². The Labute approximate surface area is 109 Å². The van der Waals surface area contributed by atoms with E-state index in [9.17, 15) is 9.90 Å². The number of aromatic amines is 1. The summed E-state index contributed by atoms with van der Waals surface area (Å²) < 4.78 is 5.36. The van der Waals surface area contributed by atoms with E-state index >= 15 is 0 Å². The van der Waals surface area contributed by atoms with Gasteiger partial charge in [0.1, 0.15) is 11.5 Å². The maximum atomic E-state index is 11.3.